The van der Waals surface area contributed by atoms with Gasteiger partial charge < -0.3 is 0 Å². The number of hydrogen-bond donors (Lipinski definition) is 0. The molecule has 0 radical (unpaired) electrons. The highest BCUT2D eigenvalue weighted by molar-refractivity contribution is 7.79. The zero-order chi connectivity index (χ0) is 16.1. The predicted octanol–water partition coefficient (Wildman–Crippen LogP) is 2.87. The molecule has 0 aliphatic heterocycles. The van der Waals surface area contributed by atoms with E-state index in [1.165, 1.54) is 29.0 Å². The van der Waals surface area contributed by atoms with Gasteiger partial charge in [0, 0.05) is 0 Å². The molecular formula is C20H24N2P+. The SMILES string of the molecule is CCCCn1cc[n+](C)c1P(c1ccccc1)c1ccccc1. The predicted molar refractivity (Wildman–Crippen MR) is 99.2 cm³/mol. The molecule has 0 fully saturated rings. The van der Waals surface area contributed by atoms with Crippen LogP contribution in [-0.4, -0.2) is 4.57 Å². The normalized spacial score (nSPS) is 11.1. The first-order valence-corrected chi connectivity index (χ1v) is 9.60. The second-order valence-electron chi connectivity index (χ2n) is 5.76. The Hall–Kier alpha value is -1.92. The summed E-state index contributed by atoms with van der Waals surface area (Å²) in [6.07, 6.45) is 6.85. The van der Waals surface area contributed by atoms with Crippen LogP contribution in [0.4, 0.5) is 0 Å². The highest BCUT2D eigenvalue weighted by atomic mass is 31.1. The van der Waals surface area contributed by atoms with Gasteiger partial charge in [-0.05, 0) is 17.0 Å². The van der Waals surface area contributed by atoms with Crippen molar-refractivity contribution < 1.29 is 4.57 Å². The molecule has 0 amide bonds. The van der Waals surface area contributed by atoms with Gasteiger partial charge in [-0.1, -0.05) is 74.0 Å². The highest BCUT2D eigenvalue weighted by Crippen LogP contribution is 2.31. The van der Waals surface area contributed by atoms with E-state index in [-0.39, 0.29) is 0 Å². The minimum atomic E-state index is -0.541. The number of nitrogens with zero attached hydrogens (tertiary/aromatic N) is 2. The minimum absolute atomic E-state index is 0.541. The van der Waals surface area contributed by atoms with E-state index < -0.39 is 7.92 Å². The Balaban J connectivity index is 2.12. The zero-order valence-electron chi connectivity index (χ0n) is 13.9. The van der Waals surface area contributed by atoms with E-state index in [0.717, 1.165) is 6.54 Å². The summed E-state index contributed by atoms with van der Waals surface area (Å²) >= 11 is 0. The Morgan fingerprint density at radius 1 is 0.913 bits per heavy atom. The Labute approximate surface area is 140 Å². The lowest BCUT2D eigenvalue weighted by Gasteiger charge is -2.16. The number of unbranched alkanes of at least 4 members (excludes halogenated alkanes) is 1. The number of hydrogen-bond acceptors (Lipinski definition) is 0. The van der Waals surface area contributed by atoms with Crippen LogP contribution in [0.1, 0.15) is 19.8 Å². The maximum Gasteiger partial charge on any atom is 0.285 e. The van der Waals surface area contributed by atoms with Gasteiger partial charge in [0.15, 0.2) is 0 Å². The van der Waals surface area contributed by atoms with E-state index in [2.05, 4.69) is 96.2 Å². The summed E-state index contributed by atoms with van der Waals surface area (Å²) in [6, 6.07) is 21.8. The van der Waals surface area contributed by atoms with Crippen LogP contribution in [0.15, 0.2) is 73.1 Å². The van der Waals surface area contributed by atoms with Gasteiger partial charge >= 0.3 is 0 Å². The molecule has 2 aromatic carbocycles. The van der Waals surface area contributed by atoms with E-state index in [9.17, 15) is 0 Å². The summed E-state index contributed by atoms with van der Waals surface area (Å²) in [5, 5.41) is 2.81. The van der Waals surface area contributed by atoms with Crippen LogP contribution in [0.3, 0.4) is 0 Å². The molecule has 0 bridgehead atoms. The number of benzene rings is 2. The number of imidazole rings is 1. The Morgan fingerprint density at radius 3 is 2.00 bits per heavy atom. The fourth-order valence-electron chi connectivity index (χ4n) is 2.84. The Bertz CT molecular complexity index is 695. The molecule has 0 unspecified atom stereocenters. The molecule has 2 nitrogen and oxygen atoms in total. The summed E-state index contributed by atoms with van der Waals surface area (Å²) < 4.78 is 4.73. The third-order valence-electron chi connectivity index (χ3n) is 4.02. The molecule has 0 saturated heterocycles. The van der Waals surface area contributed by atoms with Gasteiger partial charge in [0.25, 0.3) is 5.57 Å². The molecule has 1 heterocycles. The van der Waals surface area contributed by atoms with Crippen molar-refractivity contribution in [2.45, 2.75) is 26.3 Å². The second kappa shape index (κ2) is 7.57. The quantitative estimate of drug-likeness (QED) is 0.487. The third-order valence-corrected chi connectivity index (χ3v) is 6.63. The third kappa shape index (κ3) is 3.54. The average Bonchev–Trinajstić information content (AvgIpc) is 2.96. The molecular weight excluding hydrogens is 299 g/mol. The molecule has 0 N–H and O–H groups in total. The monoisotopic (exact) mass is 323 g/mol. The number of aromatic nitrogens is 2. The second-order valence-corrected chi connectivity index (χ2v) is 7.87. The van der Waals surface area contributed by atoms with Gasteiger partial charge in [-0.2, -0.15) is 0 Å². The van der Waals surface area contributed by atoms with Crippen molar-refractivity contribution in [1.29, 1.82) is 0 Å². The topological polar surface area (TPSA) is 8.81 Å². The van der Waals surface area contributed by atoms with E-state index >= 15 is 0 Å². The lowest BCUT2D eigenvalue weighted by Crippen LogP contribution is -2.48. The van der Waals surface area contributed by atoms with Crippen molar-refractivity contribution in [3.8, 4) is 0 Å². The van der Waals surface area contributed by atoms with E-state index in [4.69, 9.17) is 0 Å². The van der Waals surface area contributed by atoms with E-state index in [0.29, 0.717) is 0 Å². The first-order valence-electron chi connectivity index (χ1n) is 8.26. The Kier molecular flexibility index (Phi) is 5.25. The van der Waals surface area contributed by atoms with Crippen molar-refractivity contribution in [3.05, 3.63) is 73.1 Å². The van der Waals surface area contributed by atoms with Crippen LogP contribution >= 0.6 is 7.92 Å². The lowest BCUT2D eigenvalue weighted by atomic mass is 10.3. The van der Waals surface area contributed by atoms with Gasteiger partial charge in [-0.15, -0.1) is 0 Å². The smallest absolute Gasteiger partial charge is 0.233 e. The fraction of sp³-hybridized carbons (Fsp3) is 0.250. The van der Waals surface area contributed by atoms with Gasteiger partial charge in [0.2, 0.25) is 0 Å². The molecule has 1 aromatic heterocycles. The molecule has 3 rings (SSSR count). The van der Waals surface area contributed by atoms with Crippen LogP contribution in [0.25, 0.3) is 0 Å². The van der Waals surface area contributed by atoms with Crippen LogP contribution in [0, 0.1) is 0 Å². The molecule has 118 valence electrons. The van der Waals surface area contributed by atoms with E-state index in [1.807, 2.05) is 0 Å². The maximum absolute atomic E-state index is 2.44. The fourth-order valence-corrected chi connectivity index (χ4v) is 5.35. The van der Waals surface area contributed by atoms with Crippen molar-refractivity contribution >= 4 is 24.1 Å². The van der Waals surface area contributed by atoms with Gasteiger partial charge in [0.1, 0.15) is 12.4 Å². The molecule has 3 aromatic rings. The highest BCUT2D eigenvalue weighted by Gasteiger charge is 2.28. The summed E-state index contributed by atoms with van der Waals surface area (Å²) in [6.45, 7) is 3.34. The first kappa shape index (κ1) is 16.0. The summed E-state index contributed by atoms with van der Waals surface area (Å²) in [5.74, 6) is 0. The largest absolute Gasteiger partial charge is 0.285 e. The van der Waals surface area contributed by atoms with Crippen LogP contribution in [0.5, 0.6) is 0 Å². The summed E-state index contributed by atoms with van der Waals surface area (Å²) in [4.78, 5) is 0. The molecule has 0 aliphatic rings. The maximum atomic E-state index is 2.44. The van der Waals surface area contributed by atoms with Gasteiger partial charge in [-0.25, -0.2) is 9.13 Å². The molecule has 3 heteroatoms. The van der Waals surface area contributed by atoms with Gasteiger partial charge in [0.05, 0.1) is 21.5 Å². The number of rotatable bonds is 6. The van der Waals surface area contributed by atoms with Crippen LogP contribution in [0.2, 0.25) is 0 Å². The summed E-state index contributed by atoms with van der Waals surface area (Å²) in [5.41, 5.74) is 1.41. The number of aryl methyl sites for hydroxylation is 2. The molecule has 0 spiro atoms. The zero-order valence-corrected chi connectivity index (χ0v) is 14.8. The minimum Gasteiger partial charge on any atom is -0.233 e. The van der Waals surface area contributed by atoms with Crippen molar-refractivity contribution in [1.82, 2.24) is 4.57 Å². The van der Waals surface area contributed by atoms with Crippen molar-refractivity contribution in [2.75, 3.05) is 0 Å². The lowest BCUT2D eigenvalue weighted by molar-refractivity contribution is -0.652. The standard InChI is InChI=1S/C20H24N2P/c1-3-4-15-22-17-16-21(2)20(22)23(18-11-7-5-8-12-18)19-13-9-6-10-14-19/h5-14,16-17H,3-4,15H2,1-2H3/q+1. The molecule has 0 saturated carbocycles. The van der Waals surface area contributed by atoms with Crippen LogP contribution in [-0.2, 0) is 13.6 Å². The van der Waals surface area contributed by atoms with Gasteiger partial charge in [-0.3, -0.25) is 0 Å². The molecule has 0 aliphatic carbocycles. The first-order chi connectivity index (χ1) is 11.3. The summed E-state index contributed by atoms with van der Waals surface area (Å²) in [7, 11) is 1.62. The Morgan fingerprint density at radius 2 is 1.48 bits per heavy atom. The van der Waals surface area contributed by atoms with E-state index in [1.54, 1.807) is 0 Å². The van der Waals surface area contributed by atoms with Crippen LogP contribution < -0.4 is 20.7 Å². The average molecular weight is 323 g/mol. The molecule has 23 heavy (non-hydrogen) atoms. The molecule has 0 atom stereocenters. The van der Waals surface area contributed by atoms with Crippen molar-refractivity contribution in [2.24, 2.45) is 7.05 Å². The van der Waals surface area contributed by atoms with Crippen molar-refractivity contribution in [3.63, 3.8) is 0 Å².